The standard InChI is InChI=1S/C9H8N6O/c1-16-9-4-6-5(2-7(6)12-14-10)3-8(9)13-15-11/h3-4,7H,2H2,1H3. The van der Waals surface area contributed by atoms with Crippen LogP contribution in [-0.4, -0.2) is 7.11 Å². The van der Waals surface area contributed by atoms with E-state index in [0.29, 0.717) is 17.9 Å². The van der Waals surface area contributed by atoms with Gasteiger partial charge in [0.1, 0.15) is 5.75 Å². The van der Waals surface area contributed by atoms with Crippen molar-refractivity contribution < 1.29 is 4.74 Å². The Labute approximate surface area is 90.9 Å². The summed E-state index contributed by atoms with van der Waals surface area (Å²) in [5, 5.41) is 7.18. The van der Waals surface area contributed by atoms with Crippen LogP contribution in [-0.2, 0) is 6.42 Å². The van der Waals surface area contributed by atoms with Crippen molar-refractivity contribution in [2.24, 2.45) is 10.2 Å². The largest absolute Gasteiger partial charge is 0.496 e. The van der Waals surface area contributed by atoms with Gasteiger partial charge in [-0.05, 0) is 40.7 Å². The van der Waals surface area contributed by atoms with Gasteiger partial charge in [-0.2, -0.15) is 0 Å². The van der Waals surface area contributed by atoms with Gasteiger partial charge in [-0.15, -0.1) is 0 Å². The molecule has 16 heavy (non-hydrogen) atoms. The number of benzene rings is 1. The molecule has 2 rings (SSSR count). The van der Waals surface area contributed by atoms with E-state index in [4.69, 9.17) is 15.8 Å². The summed E-state index contributed by atoms with van der Waals surface area (Å²) < 4.78 is 5.09. The minimum absolute atomic E-state index is 0.131. The Kier molecular flexibility index (Phi) is 2.55. The smallest absolute Gasteiger partial charge is 0.128 e. The number of nitrogens with zero attached hydrogens (tertiary/aromatic N) is 6. The van der Waals surface area contributed by atoms with E-state index in [9.17, 15) is 0 Å². The number of hydrogen-bond acceptors (Lipinski definition) is 3. The van der Waals surface area contributed by atoms with E-state index >= 15 is 0 Å². The number of rotatable bonds is 3. The highest BCUT2D eigenvalue weighted by molar-refractivity contribution is 5.59. The lowest BCUT2D eigenvalue weighted by Crippen LogP contribution is -2.14. The molecule has 0 amide bonds. The second kappa shape index (κ2) is 4.02. The molecule has 0 saturated heterocycles. The average Bonchev–Trinajstić information content (AvgIpc) is 2.27. The molecule has 7 nitrogen and oxygen atoms in total. The maximum absolute atomic E-state index is 8.39. The Balaban J connectivity index is 2.46. The van der Waals surface area contributed by atoms with Crippen LogP contribution in [0.15, 0.2) is 22.4 Å². The van der Waals surface area contributed by atoms with Crippen LogP contribution in [0, 0.1) is 0 Å². The summed E-state index contributed by atoms with van der Waals surface area (Å²) >= 11 is 0. The molecule has 0 heterocycles. The second-order valence-corrected chi connectivity index (χ2v) is 3.34. The molecule has 7 heteroatoms. The van der Waals surface area contributed by atoms with Gasteiger partial charge in [-0.25, -0.2) is 0 Å². The molecule has 80 valence electrons. The van der Waals surface area contributed by atoms with Crippen molar-refractivity contribution in [2.75, 3.05) is 7.11 Å². The molecule has 0 fully saturated rings. The first kappa shape index (κ1) is 10.2. The van der Waals surface area contributed by atoms with Crippen LogP contribution in [0.25, 0.3) is 20.9 Å². The third kappa shape index (κ3) is 1.50. The van der Waals surface area contributed by atoms with E-state index in [-0.39, 0.29) is 6.04 Å². The van der Waals surface area contributed by atoms with E-state index in [1.807, 2.05) is 0 Å². The van der Waals surface area contributed by atoms with E-state index in [1.165, 1.54) is 7.11 Å². The summed E-state index contributed by atoms with van der Waals surface area (Å²) in [5.74, 6) is 0.495. The van der Waals surface area contributed by atoms with Gasteiger partial charge in [-0.1, -0.05) is 10.2 Å². The fourth-order valence-corrected chi connectivity index (χ4v) is 1.76. The fraction of sp³-hybridized carbons (Fsp3) is 0.333. The predicted molar refractivity (Wildman–Crippen MR) is 57.4 cm³/mol. The van der Waals surface area contributed by atoms with Crippen LogP contribution < -0.4 is 4.74 Å². The van der Waals surface area contributed by atoms with Gasteiger partial charge in [0, 0.05) is 9.82 Å². The Bertz CT molecular complexity index is 527. The van der Waals surface area contributed by atoms with Crippen molar-refractivity contribution in [3.63, 3.8) is 0 Å². The highest BCUT2D eigenvalue weighted by Gasteiger charge is 2.26. The molecule has 1 aromatic rings. The molecule has 1 atom stereocenters. The lowest BCUT2D eigenvalue weighted by molar-refractivity contribution is 0.413. The SMILES string of the molecule is COc1cc2c(cc1N=[N+]=[N-])CC2N=[N+]=[N-]. The zero-order chi connectivity index (χ0) is 11.5. The van der Waals surface area contributed by atoms with Crippen LogP contribution in [0.2, 0.25) is 0 Å². The quantitative estimate of drug-likeness (QED) is 0.430. The Morgan fingerprint density at radius 1 is 1.38 bits per heavy atom. The van der Waals surface area contributed by atoms with Crippen molar-refractivity contribution in [1.82, 2.24) is 0 Å². The van der Waals surface area contributed by atoms with Gasteiger partial charge in [0.2, 0.25) is 0 Å². The molecule has 1 aliphatic carbocycles. The van der Waals surface area contributed by atoms with Gasteiger partial charge in [0.25, 0.3) is 0 Å². The molecule has 1 aliphatic rings. The summed E-state index contributed by atoms with van der Waals surface area (Å²) in [6.45, 7) is 0. The predicted octanol–water partition coefficient (Wildman–Crippen LogP) is 3.54. The van der Waals surface area contributed by atoms with E-state index < -0.39 is 0 Å². The minimum Gasteiger partial charge on any atom is -0.496 e. The number of azide groups is 2. The highest BCUT2D eigenvalue weighted by Crippen LogP contribution is 2.43. The van der Waals surface area contributed by atoms with Crippen molar-refractivity contribution in [3.05, 3.63) is 44.1 Å². The normalized spacial score (nSPS) is 16.2. The maximum Gasteiger partial charge on any atom is 0.128 e. The number of ether oxygens (including phenoxy) is 1. The number of fused-ring (bicyclic) bond motifs is 1. The Morgan fingerprint density at radius 3 is 2.81 bits per heavy atom. The molecule has 0 radical (unpaired) electrons. The third-order valence-electron chi connectivity index (χ3n) is 2.56. The van der Waals surface area contributed by atoms with Crippen molar-refractivity contribution in [3.8, 4) is 5.75 Å². The zero-order valence-electron chi connectivity index (χ0n) is 8.53. The molecular weight excluding hydrogens is 208 g/mol. The van der Waals surface area contributed by atoms with E-state index in [2.05, 4.69) is 20.1 Å². The third-order valence-corrected chi connectivity index (χ3v) is 2.56. The summed E-state index contributed by atoms with van der Waals surface area (Å²) in [6, 6.07) is 3.38. The molecule has 0 aliphatic heterocycles. The lowest BCUT2D eigenvalue weighted by atomic mass is 9.83. The van der Waals surface area contributed by atoms with Crippen LogP contribution >= 0.6 is 0 Å². The molecule has 0 N–H and O–H groups in total. The van der Waals surface area contributed by atoms with Gasteiger partial charge < -0.3 is 4.74 Å². The van der Waals surface area contributed by atoms with Gasteiger partial charge in [-0.3, -0.25) is 0 Å². The Morgan fingerprint density at radius 2 is 2.19 bits per heavy atom. The van der Waals surface area contributed by atoms with Crippen molar-refractivity contribution >= 4 is 5.69 Å². The van der Waals surface area contributed by atoms with E-state index in [1.54, 1.807) is 12.1 Å². The monoisotopic (exact) mass is 216 g/mol. The van der Waals surface area contributed by atoms with Gasteiger partial charge in [0.15, 0.2) is 0 Å². The summed E-state index contributed by atoms with van der Waals surface area (Å²) in [7, 11) is 1.50. The van der Waals surface area contributed by atoms with Gasteiger partial charge >= 0.3 is 0 Å². The number of methoxy groups -OCH3 is 1. The molecular formula is C9H8N6O. The summed E-state index contributed by atoms with van der Waals surface area (Å²) in [4.78, 5) is 5.50. The molecule has 0 spiro atoms. The summed E-state index contributed by atoms with van der Waals surface area (Å²) in [6.07, 6.45) is 0.678. The lowest BCUT2D eigenvalue weighted by Gasteiger charge is -2.27. The van der Waals surface area contributed by atoms with E-state index in [0.717, 1.165) is 11.1 Å². The highest BCUT2D eigenvalue weighted by atomic mass is 16.5. The minimum atomic E-state index is -0.131. The molecule has 0 saturated carbocycles. The van der Waals surface area contributed by atoms with Crippen molar-refractivity contribution in [2.45, 2.75) is 12.5 Å². The van der Waals surface area contributed by atoms with Crippen LogP contribution in [0.1, 0.15) is 17.2 Å². The first-order chi connectivity index (χ1) is 7.80. The van der Waals surface area contributed by atoms with Crippen LogP contribution in [0.4, 0.5) is 5.69 Å². The van der Waals surface area contributed by atoms with Crippen LogP contribution in [0.5, 0.6) is 5.75 Å². The second-order valence-electron chi connectivity index (χ2n) is 3.34. The molecule has 0 aromatic heterocycles. The van der Waals surface area contributed by atoms with Crippen molar-refractivity contribution in [1.29, 1.82) is 0 Å². The first-order valence-corrected chi connectivity index (χ1v) is 4.60. The maximum atomic E-state index is 8.39. The molecule has 0 bridgehead atoms. The zero-order valence-corrected chi connectivity index (χ0v) is 8.53. The first-order valence-electron chi connectivity index (χ1n) is 4.60. The Hall–Kier alpha value is -2.36. The van der Waals surface area contributed by atoms with Gasteiger partial charge in [0.05, 0.1) is 18.8 Å². The average molecular weight is 216 g/mol. The molecule has 1 unspecified atom stereocenters. The fourth-order valence-electron chi connectivity index (χ4n) is 1.76. The van der Waals surface area contributed by atoms with Crippen LogP contribution in [0.3, 0.4) is 0 Å². The topological polar surface area (TPSA) is 107 Å². The molecule has 1 aromatic carbocycles. The summed E-state index contributed by atoms with van der Waals surface area (Å²) in [5.41, 5.74) is 19.2. The number of hydrogen-bond donors (Lipinski definition) is 0.